The molecule has 1 aromatic carbocycles. The molecule has 0 radical (unpaired) electrons. The zero-order chi connectivity index (χ0) is 13.0. The molecule has 18 heavy (non-hydrogen) atoms. The molecule has 0 aliphatic heterocycles. The third-order valence-corrected chi connectivity index (χ3v) is 2.49. The minimum Gasteiger partial charge on any atom is -0.339 e. The fourth-order valence-electron chi connectivity index (χ4n) is 1.33. The molecule has 0 saturated heterocycles. The van der Waals surface area contributed by atoms with E-state index in [-0.39, 0.29) is 0 Å². The molecule has 2 rings (SSSR count). The Morgan fingerprint density at radius 3 is 2.67 bits per heavy atom. The highest BCUT2D eigenvalue weighted by Gasteiger charge is 2.04. The Balaban J connectivity index is 2.26. The van der Waals surface area contributed by atoms with Gasteiger partial charge in [-0.2, -0.15) is 5.26 Å². The van der Waals surface area contributed by atoms with Crippen LogP contribution in [0.15, 0.2) is 30.6 Å². The third kappa shape index (κ3) is 2.66. The Morgan fingerprint density at radius 1 is 1.22 bits per heavy atom. The number of benzene rings is 1. The van der Waals surface area contributed by atoms with E-state index in [0.29, 0.717) is 27.9 Å². The largest absolute Gasteiger partial charge is 0.339 e. The van der Waals surface area contributed by atoms with E-state index in [1.54, 1.807) is 24.3 Å². The van der Waals surface area contributed by atoms with E-state index < -0.39 is 0 Å². The topological polar surface area (TPSA) is 99.7 Å². The van der Waals surface area contributed by atoms with Gasteiger partial charge in [-0.15, -0.1) is 0 Å². The van der Waals surface area contributed by atoms with Gasteiger partial charge in [-0.1, -0.05) is 11.6 Å². The van der Waals surface area contributed by atoms with Crippen molar-refractivity contribution < 1.29 is 0 Å². The lowest BCUT2D eigenvalue weighted by Crippen LogP contribution is -2.09. The Morgan fingerprint density at radius 2 is 2.00 bits per heavy atom. The fraction of sp³-hybridized carbons (Fsp3) is 0. The highest BCUT2D eigenvalue weighted by atomic mass is 35.5. The Hall–Kier alpha value is -2.36. The van der Waals surface area contributed by atoms with Crippen molar-refractivity contribution in [3.05, 3.63) is 41.2 Å². The second-order valence-corrected chi connectivity index (χ2v) is 3.77. The number of nitrogen functional groups attached to an aromatic ring is 1. The van der Waals surface area contributed by atoms with E-state index in [4.69, 9.17) is 22.7 Å². The highest BCUT2D eigenvalue weighted by Crippen LogP contribution is 2.25. The maximum Gasteiger partial charge on any atom is 0.145 e. The summed E-state index contributed by atoms with van der Waals surface area (Å²) >= 11 is 6.03. The van der Waals surface area contributed by atoms with Gasteiger partial charge >= 0.3 is 0 Å². The number of anilines is 3. The molecule has 0 saturated carbocycles. The number of nitrogens with two attached hydrogens (primary N) is 1. The molecule has 6 nitrogen and oxygen atoms in total. The van der Waals surface area contributed by atoms with Crippen LogP contribution >= 0.6 is 11.6 Å². The normalized spacial score (nSPS) is 9.61. The summed E-state index contributed by atoms with van der Waals surface area (Å²) in [5.41, 5.74) is 3.57. The second-order valence-electron chi connectivity index (χ2n) is 3.36. The molecule has 0 amide bonds. The summed E-state index contributed by atoms with van der Waals surface area (Å²) in [6.45, 7) is 0. The molecule has 2 aromatic rings. The molecular formula is C11H9ClN6. The number of aromatic nitrogens is 2. The van der Waals surface area contributed by atoms with Crippen molar-refractivity contribution >= 4 is 28.9 Å². The summed E-state index contributed by atoms with van der Waals surface area (Å²) in [5, 5.41) is 12.2. The van der Waals surface area contributed by atoms with Crippen LogP contribution in [0.25, 0.3) is 0 Å². The third-order valence-electron chi connectivity index (χ3n) is 2.18. The predicted molar refractivity (Wildman–Crippen MR) is 69.3 cm³/mol. The number of nitrogens with zero attached hydrogens (tertiary/aromatic N) is 3. The summed E-state index contributed by atoms with van der Waals surface area (Å²) in [5.74, 6) is 6.28. The van der Waals surface area contributed by atoms with Gasteiger partial charge in [0.25, 0.3) is 0 Å². The molecule has 4 N–H and O–H groups in total. The molecule has 0 spiro atoms. The van der Waals surface area contributed by atoms with Gasteiger partial charge in [-0.25, -0.2) is 15.8 Å². The number of hydrogen-bond donors (Lipinski definition) is 3. The number of nitrogens with one attached hydrogen (secondary N) is 2. The molecule has 0 unspecified atom stereocenters. The number of hydrazine groups is 1. The van der Waals surface area contributed by atoms with Gasteiger partial charge in [0, 0.05) is 6.07 Å². The first-order chi connectivity index (χ1) is 8.72. The summed E-state index contributed by atoms with van der Waals surface area (Å²) in [6.07, 6.45) is 1.37. The molecule has 7 heteroatoms. The van der Waals surface area contributed by atoms with E-state index in [0.717, 1.165) is 0 Å². The molecule has 0 aliphatic carbocycles. The van der Waals surface area contributed by atoms with Crippen LogP contribution in [0.1, 0.15) is 5.56 Å². The van der Waals surface area contributed by atoms with E-state index >= 15 is 0 Å². The van der Waals surface area contributed by atoms with Crippen molar-refractivity contribution in [2.75, 3.05) is 10.7 Å². The Bertz CT molecular complexity index is 607. The molecule has 90 valence electrons. The van der Waals surface area contributed by atoms with Crippen LogP contribution < -0.4 is 16.6 Å². The summed E-state index contributed by atoms with van der Waals surface area (Å²) < 4.78 is 0. The molecule has 0 bridgehead atoms. The average molecular weight is 261 g/mol. The molecular weight excluding hydrogens is 252 g/mol. The van der Waals surface area contributed by atoms with Crippen LogP contribution in [-0.4, -0.2) is 9.97 Å². The first-order valence-electron chi connectivity index (χ1n) is 4.98. The van der Waals surface area contributed by atoms with Crippen LogP contribution in [0, 0.1) is 11.3 Å². The van der Waals surface area contributed by atoms with Gasteiger partial charge in [0.15, 0.2) is 0 Å². The van der Waals surface area contributed by atoms with Gasteiger partial charge in [0.1, 0.15) is 18.0 Å². The van der Waals surface area contributed by atoms with Crippen LogP contribution in [0.4, 0.5) is 17.3 Å². The quantitative estimate of drug-likeness (QED) is 0.577. The Labute approximate surface area is 108 Å². The van der Waals surface area contributed by atoms with Gasteiger partial charge in [0.05, 0.1) is 22.3 Å². The van der Waals surface area contributed by atoms with Gasteiger partial charge in [-0.05, 0) is 18.2 Å². The minimum atomic E-state index is 0.440. The number of halogens is 1. The van der Waals surface area contributed by atoms with E-state index in [1.807, 2.05) is 6.07 Å². The summed E-state index contributed by atoms with van der Waals surface area (Å²) in [6, 6.07) is 8.59. The zero-order valence-corrected chi connectivity index (χ0v) is 9.94. The fourth-order valence-corrected chi connectivity index (χ4v) is 1.56. The average Bonchev–Trinajstić information content (AvgIpc) is 2.41. The predicted octanol–water partition coefficient (Wildman–Crippen LogP) is 2.03. The van der Waals surface area contributed by atoms with E-state index in [1.165, 1.54) is 6.33 Å². The monoisotopic (exact) mass is 260 g/mol. The van der Waals surface area contributed by atoms with Crippen molar-refractivity contribution in [2.24, 2.45) is 5.84 Å². The van der Waals surface area contributed by atoms with Crippen LogP contribution in [0.3, 0.4) is 0 Å². The van der Waals surface area contributed by atoms with Crippen molar-refractivity contribution in [3.8, 4) is 6.07 Å². The van der Waals surface area contributed by atoms with Crippen molar-refractivity contribution in [1.29, 1.82) is 5.26 Å². The number of hydrogen-bond acceptors (Lipinski definition) is 6. The smallest absolute Gasteiger partial charge is 0.145 e. The Kier molecular flexibility index (Phi) is 3.57. The first-order valence-corrected chi connectivity index (χ1v) is 5.36. The lowest BCUT2D eigenvalue weighted by atomic mass is 10.2. The molecule has 1 aromatic heterocycles. The minimum absolute atomic E-state index is 0.440. The van der Waals surface area contributed by atoms with Crippen molar-refractivity contribution in [2.45, 2.75) is 0 Å². The van der Waals surface area contributed by atoms with Gasteiger partial charge in [0.2, 0.25) is 0 Å². The standard InChI is InChI=1S/C11H9ClN6/c12-8-3-7(5-13)1-2-9(8)17-10-4-11(18-14)16-6-15-10/h1-4,6H,14H2,(H2,15,16,17,18). The molecule has 0 atom stereocenters. The lowest BCUT2D eigenvalue weighted by Gasteiger charge is -2.08. The number of rotatable bonds is 3. The van der Waals surface area contributed by atoms with Crippen LogP contribution in [0.5, 0.6) is 0 Å². The summed E-state index contributed by atoms with van der Waals surface area (Å²) in [4.78, 5) is 7.91. The zero-order valence-electron chi connectivity index (χ0n) is 9.18. The summed E-state index contributed by atoms with van der Waals surface area (Å²) in [7, 11) is 0. The van der Waals surface area contributed by atoms with Crippen LogP contribution in [0.2, 0.25) is 5.02 Å². The van der Waals surface area contributed by atoms with E-state index in [2.05, 4.69) is 20.7 Å². The molecule has 0 aliphatic rings. The second kappa shape index (κ2) is 5.31. The van der Waals surface area contributed by atoms with E-state index in [9.17, 15) is 0 Å². The maximum atomic E-state index is 8.74. The van der Waals surface area contributed by atoms with Gasteiger partial charge < -0.3 is 10.7 Å². The van der Waals surface area contributed by atoms with Gasteiger partial charge in [-0.3, -0.25) is 0 Å². The first kappa shape index (κ1) is 12.1. The molecule has 0 fully saturated rings. The van der Waals surface area contributed by atoms with Crippen molar-refractivity contribution in [1.82, 2.24) is 9.97 Å². The van der Waals surface area contributed by atoms with Crippen molar-refractivity contribution in [3.63, 3.8) is 0 Å². The lowest BCUT2D eigenvalue weighted by molar-refractivity contribution is 1.14. The maximum absolute atomic E-state index is 8.74. The molecule has 1 heterocycles. The highest BCUT2D eigenvalue weighted by molar-refractivity contribution is 6.33. The number of nitriles is 1. The van der Waals surface area contributed by atoms with Crippen LogP contribution in [-0.2, 0) is 0 Å². The SMILES string of the molecule is N#Cc1ccc(Nc2cc(NN)ncn2)c(Cl)c1.